The van der Waals surface area contributed by atoms with Crippen molar-refractivity contribution in [3.63, 3.8) is 0 Å². The fourth-order valence-electron chi connectivity index (χ4n) is 7.56. The minimum Gasteiger partial charge on any atom is -0.480 e. The molecule has 0 radical (unpaired) electrons. The number of hydrogen-bond acceptors (Lipinski definition) is 6. The molecule has 9 nitrogen and oxygen atoms in total. The minimum atomic E-state index is -3.88. The summed E-state index contributed by atoms with van der Waals surface area (Å²) in [5.41, 5.74) is 9.46. The number of aryl methyl sites for hydroxylation is 1. The zero-order chi connectivity index (χ0) is 35.3. The number of hydrogen-bond donors (Lipinski definition) is 2. The first-order chi connectivity index (χ1) is 24.0. The third-order valence-electron chi connectivity index (χ3n) is 10.2. The maximum absolute atomic E-state index is 14.2. The monoisotopic (exact) mass is 689 g/mol. The summed E-state index contributed by atoms with van der Waals surface area (Å²) in [5, 5.41) is 14.2. The third kappa shape index (κ3) is 5.78. The van der Waals surface area contributed by atoms with Crippen molar-refractivity contribution in [2.75, 3.05) is 25.6 Å². The summed E-state index contributed by atoms with van der Waals surface area (Å²) in [5.74, 6) is -1.34. The van der Waals surface area contributed by atoms with Gasteiger partial charge in [-0.05, 0) is 76.1 Å². The van der Waals surface area contributed by atoms with Gasteiger partial charge in [0.25, 0.3) is 0 Å². The Kier molecular flexibility index (Phi) is 8.61. The molecule has 1 amide bonds. The Labute approximate surface area is 292 Å². The highest BCUT2D eigenvalue weighted by atomic mass is 32.2. The van der Waals surface area contributed by atoms with Crippen LogP contribution in [0.1, 0.15) is 44.9 Å². The number of aliphatic carboxylic acids is 1. The van der Waals surface area contributed by atoms with Gasteiger partial charge in [-0.2, -0.15) is 4.31 Å². The van der Waals surface area contributed by atoms with Crippen LogP contribution in [0, 0.1) is 13.8 Å². The molecule has 0 aromatic heterocycles. The Hall–Kier alpha value is -5.19. The average Bonchev–Trinajstić information content (AvgIpc) is 3.70. The van der Waals surface area contributed by atoms with Crippen molar-refractivity contribution in [2.24, 2.45) is 0 Å². The van der Waals surface area contributed by atoms with E-state index in [0.717, 1.165) is 61.1 Å². The van der Waals surface area contributed by atoms with E-state index in [0.29, 0.717) is 5.39 Å². The molecule has 1 aliphatic heterocycles. The molecule has 2 aliphatic rings. The summed E-state index contributed by atoms with van der Waals surface area (Å²) in [6.07, 6.45) is -0.789. The second-order valence-electron chi connectivity index (χ2n) is 13.3. The maximum Gasteiger partial charge on any atom is 0.407 e. The van der Waals surface area contributed by atoms with Gasteiger partial charge in [0.1, 0.15) is 12.6 Å². The van der Waals surface area contributed by atoms with Crippen LogP contribution in [-0.2, 0) is 39.1 Å². The molecular weight excluding hydrogens is 651 g/mol. The number of nitrogens with one attached hydrogen (secondary N) is 1. The summed E-state index contributed by atoms with van der Waals surface area (Å²) in [6.45, 7) is 4.25. The number of fused-ring (bicyclic) bond motifs is 5. The van der Waals surface area contributed by atoms with Crippen LogP contribution >= 0.6 is 0 Å². The highest BCUT2D eigenvalue weighted by Gasteiger charge is 2.35. The molecule has 5 aromatic carbocycles. The van der Waals surface area contributed by atoms with Gasteiger partial charge < -0.3 is 20.1 Å². The third-order valence-corrected chi connectivity index (χ3v) is 12.0. The van der Waals surface area contributed by atoms with Crippen LogP contribution in [-0.4, -0.2) is 56.6 Å². The number of alkyl carbamates (subject to hydrolysis) is 1. The number of amides is 1. The topological polar surface area (TPSA) is 116 Å². The highest BCUT2D eigenvalue weighted by molar-refractivity contribution is 7.89. The Bertz CT molecular complexity index is 2240. The van der Waals surface area contributed by atoms with Gasteiger partial charge >= 0.3 is 12.1 Å². The lowest BCUT2D eigenvalue weighted by atomic mass is 9.91. The molecule has 1 atom stereocenters. The molecule has 0 unspecified atom stereocenters. The van der Waals surface area contributed by atoms with Crippen LogP contribution in [0.15, 0.2) is 95.9 Å². The summed E-state index contributed by atoms with van der Waals surface area (Å²) >= 11 is 0. The molecule has 10 heteroatoms. The average molecular weight is 690 g/mol. The van der Waals surface area contributed by atoms with E-state index in [2.05, 4.69) is 17.4 Å². The van der Waals surface area contributed by atoms with Gasteiger partial charge in [0, 0.05) is 56.0 Å². The number of carboxylic acid groups (broad SMARTS) is 1. The lowest BCUT2D eigenvalue weighted by Gasteiger charge is -2.20. The van der Waals surface area contributed by atoms with E-state index in [1.54, 1.807) is 12.1 Å². The molecule has 5 aromatic rings. The van der Waals surface area contributed by atoms with E-state index in [1.807, 2.05) is 99.6 Å². The number of ether oxygens (including phenoxy) is 1. The molecule has 50 heavy (non-hydrogen) atoms. The first-order valence-electron chi connectivity index (χ1n) is 16.6. The van der Waals surface area contributed by atoms with Crippen LogP contribution in [0.4, 0.5) is 10.5 Å². The zero-order valence-corrected chi connectivity index (χ0v) is 29.3. The smallest absolute Gasteiger partial charge is 0.407 e. The summed E-state index contributed by atoms with van der Waals surface area (Å²) in [4.78, 5) is 27.7. The number of carbonyl (C=O) groups is 2. The Morgan fingerprint density at radius 3 is 2.16 bits per heavy atom. The van der Waals surface area contributed by atoms with Gasteiger partial charge in [0.15, 0.2) is 0 Å². The Morgan fingerprint density at radius 1 is 0.880 bits per heavy atom. The van der Waals surface area contributed by atoms with Gasteiger partial charge in [-0.1, -0.05) is 78.9 Å². The van der Waals surface area contributed by atoms with E-state index >= 15 is 0 Å². The van der Waals surface area contributed by atoms with Gasteiger partial charge in [-0.15, -0.1) is 0 Å². The standard InChI is InChI=1S/C40H39N3O6S/c1-24-19-26(20-36(39(44)45)41-40(46)49-23-35-29-13-7-5-11-27(29)28-12-6-8-14-30(28)35)25(2)34-22-43(21-33(24)34)50(47,48)38-18-10-15-31-32(38)16-9-17-37(31)42(3)4/h5-19,35-36H,20-23H2,1-4H3,(H,41,46)(H,44,45)/t36-/m1/s1. The van der Waals surface area contributed by atoms with Gasteiger partial charge in [-0.25, -0.2) is 18.0 Å². The predicted octanol–water partition coefficient (Wildman–Crippen LogP) is 6.76. The van der Waals surface area contributed by atoms with Crippen LogP contribution in [0.2, 0.25) is 0 Å². The van der Waals surface area contributed by atoms with Crippen molar-refractivity contribution in [3.8, 4) is 11.1 Å². The molecule has 2 N–H and O–H groups in total. The van der Waals surface area contributed by atoms with E-state index in [-0.39, 0.29) is 36.9 Å². The molecule has 0 spiro atoms. The fourth-order valence-corrected chi connectivity index (χ4v) is 9.14. The Morgan fingerprint density at radius 2 is 1.50 bits per heavy atom. The molecule has 0 bridgehead atoms. The number of nitrogens with zero attached hydrogens (tertiary/aromatic N) is 2. The van der Waals surface area contributed by atoms with Crippen molar-refractivity contribution in [1.82, 2.24) is 9.62 Å². The van der Waals surface area contributed by atoms with Crippen molar-refractivity contribution in [1.29, 1.82) is 0 Å². The second-order valence-corrected chi connectivity index (χ2v) is 15.2. The number of carbonyl (C=O) groups excluding carboxylic acids is 1. The van der Waals surface area contributed by atoms with E-state index in [4.69, 9.17) is 4.74 Å². The van der Waals surface area contributed by atoms with Crippen LogP contribution in [0.3, 0.4) is 0 Å². The van der Waals surface area contributed by atoms with E-state index < -0.39 is 28.1 Å². The van der Waals surface area contributed by atoms with Crippen LogP contribution < -0.4 is 10.2 Å². The molecule has 0 fully saturated rings. The van der Waals surface area contributed by atoms with Crippen LogP contribution in [0.5, 0.6) is 0 Å². The number of anilines is 1. The number of benzene rings is 5. The molecule has 0 saturated heterocycles. The summed E-state index contributed by atoms with van der Waals surface area (Å²) < 4.78 is 35.5. The van der Waals surface area contributed by atoms with Gasteiger partial charge in [-0.3, -0.25) is 0 Å². The second kappa shape index (κ2) is 12.9. The van der Waals surface area contributed by atoms with Crippen LogP contribution in [0.25, 0.3) is 21.9 Å². The van der Waals surface area contributed by atoms with Gasteiger partial charge in [0.05, 0.1) is 4.90 Å². The highest BCUT2D eigenvalue weighted by Crippen LogP contribution is 2.44. The minimum absolute atomic E-state index is 0.0167. The first-order valence-corrected chi connectivity index (χ1v) is 18.0. The molecule has 256 valence electrons. The molecule has 7 rings (SSSR count). The van der Waals surface area contributed by atoms with Crippen molar-refractivity contribution >= 4 is 38.5 Å². The van der Waals surface area contributed by atoms with Gasteiger partial charge in [0.2, 0.25) is 10.0 Å². The maximum atomic E-state index is 14.2. The molecule has 1 heterocycles. The normalized spacial score (nSPS) is 14.6. The number of rotatable bonds is 9. The van der Waals surface area contributed by atoms with Crippen molar-refractivity contribution in [3.05, 3.63) is 130 Å². The molecule has 1 aliphatic carbocycles. The SMILES string of the molecule is Cc1cc(C[C@@H](NC(=O)OCC2c3ccccc3-c3ccccc32)C(=O)O)c(C)c2c1CN(S(=O)(=O)c1cccc3c(N(C)C)cccc13)C2. The number of sulfonamides is 1. The lowest BCUT2D eigenvalue weighted by Crippen LogP contribution is -2.43. The van der Waals surface area contributed by atoms with Crippen molar-refractivity contribution < 1.29 is 27.9 Å². The molecular formula is C40H39N3O6S. The lowest BCUT2D eigenvalue weighted by molar-refractivity contribution is -0.139. The first kappa shape index (κ1) is 33.3. The van der Waals surface area contributed by atoms with E-state index in [1.165, 1.54) is 4.31 Å². The zero-order valence-electron chi connectivity index (χ0n) is 28.4. The Balaban J connectivity index is 1.08. The van der Waals surface area contributed by atoms with E-state index in [9.17, 15) is 23.1 Å². The summed E-state index contributed by atoms with van der Waals surface area (Å²) in [6, 6.07) is 27.7. The number of carboxylic acids is 1. The molecule has 0 saturated carbocycles. The van der Waals surface area contributed by atoms with Crippen molar-refractivity contribution in [2.45, 2.75) is 50.2 Å². The predicted molar refractivity (Wildman–Crippen MR) is 194 cm³/mol. The quantitative estimate of drug-likeness (QED) is 0.176. The fraction of sp³-hybridized carbons (Fsp3) is 0.250. The largest absolute Gasteiger partial charge is 0.480 e. The summed E-state index contributed by atoms with van der Waals surface area (Å²) in [7, 11) is -0.0198.